The zero-order valence-electron chi connectivity index (χ0n) is 31.0. The van der Waals surface area contributed by atoms with Crippen molar-refractivity contribution in [3.63, 3.8) is 0 Å². The number of nitrogens with zero attached hydrogens (tertiary/aromatic N) is 1. The predicted octanol–water partition coefficient (Wildman–Crippen LogP) is 8.99. The number of aliphatic hydroxyl groups is 1. The molecule has 0 fully saturated rings. The molecule has 0 amide bonds. The first kappa shape index (κ1) is 40.1. The minimum absolute atomic E-state index is 0.0545. The van der Waals surface area contributed by atoms with Gasteiger partial charge in [-0.25, -0.2) is 9.59 Å². The van der Waals surface area contributed by atoms with E-state index in [1.54, 1.807) is 20.0 Å². The van der Waals surface area contributed by atoms with Gasteiger partial charge in [0.1, 0.15) is 12.7 Å². The normalized spacial score (nSPS) is 20.5. The molecule has 0 spiro atoms. The van der Waals surface area contributed by atoms with Gasteiger partial charge < -0.3 is 14.6 Å². The predicted molar refractivity (Wildman–Crippen MR) is 201 cm³/mol. The third-order valence-corrected chi connectivity index (χ3v) is 9.17. The number of pyridine rings is 1. The van der Waals surface area contributed by atoms with Gasteiger partial charge in [-0.05, 0) is 68.6 Å². The summed E-state index contributed by atoms with van der Waals surface area (Å²) in [5.74, 6) is -1.14. The molecule has 0 saturated carbocycles. The van der Waals surface area contributed by atoms with Crippen LogP contribution in [0.2, 0.25) is 0 Å². The van der Waals surface area contributed by atoms with Crippen molar-refractivity contribution in [2.75, 3.05) is 0 Å². The number of hydrogen-bond acceptors (Lipinski definition) is 7. The molecule has 3 rings (SSSR count). The highest BCUT2D eigenvalue weighted by molar-refractivity contribution is 5.96. The fourth-order valence-corrected chi connectivity index (χ4v) is 6.19. The smallest absolute Gasteiger partial charge is 0.331 e. The highest BCUT2D eigenvalue weighted by Crippen LogP contribution is 2.24. The Morgan fingerprint density at radius 2 is 1.82 bits per heavy atom. The van der Waals surface area contributed by atoms with Crippen LogP contribution in [0, 0.1) is 29.6 Å². The summed E-state index contributed by atoms with van der Waals surface area (Å²) in [6, 6.07) is 9.61. The molecule has 1 N–H and O–H groups in total. The van der Waals surface area contributed by atoms with E-state index in [0.29, 0.717) is 17.9 Å². The molecule has 0 saturated heterocycles. The monoisotopic (exact) mass is 681 g/mol. The zero-order chi connectivity index (χ0) is 36.8. The number of esters is 2. The largest absolute Gasteiger partial charge is 0.458 e. The van der Waals surface area contributed by atoms with Gasteiger partial charge in [0.15, 0.2) is 5.78 Å². The third-order valence-electron chi connectivity index (χ3n) is 9.17. The van der Waals surface area contributed by atoms with Crippen LogP contribution >= 0.6 is 0 Å². The van der Waals surface area contributed by atoms with Crippen LogP contribution in [-0.2, 0) is 30.5 Å². The van der Waals surface area contributed by atoms with Gasteiger partial charge >= 0.3 is 11.9 Å². The average molecular weight is 682 g/mol. The maximum atomic E-state index is 13.3. The van der Waals surface area contributed by atoms with Crippen LogP contribution in [0.4, 0.5) is 0 Å². The van der Waals surface area contributed by atoms with E-state index in [4.69, 9.17) is 9.47 Å². The second kappa shape index (κ2) is 19.7. The molecule has 7 nitrogen and oxygen atoms in total. The molecule has 2 aromatic rings. The van der Waals surface area contributed by atoms with Gasteiger partial charge in [0.25, 0.3) is 0 Å². The van der Waals surface area contributed by atoms with Crippen LogP contribution in [0.3, 0.4) is 0 Å². The summed E-state index contributed by atoms with van der Waals surface area (Å²) < 4.78 is 10.9. The number of carbonyl (C=O) groups excluding carboxylic acids is 3. The number of ether oxygens (including phenoxy) is 2. The summed E-state index contributed by atoms with van der Waals surface area (Å²) in [5.41, 5.74) is 4.23. The van der Waals surface area contributed by atoms with Gasteiger partial charge in [-0.2, -0.15) is 0 Å². The van der Waals surface area contributed by atoms with Crippen molar-refractivity contribution < 1.29 is 29.0 Å². The molecule has 268 valence electrons. The van der Waals surface area contributed by atoms with E-state index in [0.717, 1.165) is 34.9 Å². The molecule has 1 aliphatic rings. The highest BCUT2D eigenvalue weighted by atomic mass is 16.5. The first-order chi connectivity index (χ1) is 23.8. The zero-order valence-corrected chi connectivity index (χ0v) is 31.0. The first-order valence-electron chi connectivity index (χ1n) is 17.8. The van der Waals surface area contributed by atoms with Gasteiger partial charge in [0.05, 0.1) is 11.6 Å². The summed E-state index contributed by atoms with van der Waals surface area (Å²) >= 11 is 0. The Morgan fingerprint density at radius 3 is 2.56 bits per heavy atom. The van der Waals surface area contributed by atoms with Crippen LogP contribution in [0.15, 0.2) is 108 Å². The first-order valence-corrected chi connectivity index (χ1v) is 17.8. The van der Waals surface area contributed by atoms with Crippen molar-refractivity contribution in [2.45, 2.75) is 93.5 Å². The summed E-state index contributed by atoms with van der Waals surface area (Å²) in [7, 11) is 0. The van der Waals surface area contributed by atoms with Crippen molar-refractivity contribution in [3.05, 3.63) is 113 Å². The number of ketones is 1. The Labute approximate surface area is 298 Å². The number of benzene rings is 1. The standard InChI is InChI=1S/C43H55NO6/c1-9-35(19-20-38-31(5)18-21-39(45)50-38)25-29(3)14-10-13-28(2)23-32(6)42(47)34(8)43(48)33(7)24-30(4)26-40(46)49-27-37-16-11-15-36-17-12-22-44-41(36)37/h10-13,15-23,25-26,28-29,31,33-34,38,43,48H,9,14,24,27H2,1-8H3/t28?,29-,31+,33+,34-,38+,43-/m1/s1. The Balaban J connectivity index is 1.47. The number of Topliss-reactive ketones (excluding diaryl/α,β-unsaturated/α-hetero) is 1. The van der Waals surface area contributed by atoms with E-state index in [1.807, 2.05) is 76.3 Å². The Hall–Kier alpha value is -4.36. The molecular weight excluding hydrogens is 626 g/mol. The van der Waals surface area contributed by atoms with Gasteiger partial charge in [-0.3, -0.25) is 9.78 Å². The molecule has 7 heteroatoms. The second-order valence-electron chi connectivity index (χ2n) is 13.8. The van der Waals surface area contributed by atoms with Crippen LogP contribution in [0.25, 0.3) is 10.9 Å². The van der Waals surface area contributed by atoms with E-state index < -0.39 is 18.0 Å². The number of carbonyl (C=O) groups is 3. The molecule has 0 aliphatic carbocycles. The van der Waals surface area contributed by atoms with Crippen molar-refractivity contribution in [1.82, 2.24) is 4.98 Å². The molecular formula is C43H55NO6. The molecule has 0 radical (unpaired) electrons. The van der Waals surface area contributed by atoms with Crippen molar-refractivity contribution >= 4 is 28.6 Å². The lowest BCUT2D eigenvalue weighted by Crippen LogP contribution is -2.32. The molecule has 0 bridgehead atoms. The minimum atomic E-state index is -0.864. The quantitative estimate of drug-likeness (QED) is 0.0769. The topological polar surface area (TPSA) is 103 Å². The molecule has 2 heterocycles. The number of rotatable bonds is 17. The summed E-state index contributed by atoms with van der Waals surface area (Å²) in [6.07, 6.45) is 20.1. The summed E-state index contributed by atoms with van der Waals surface area (Å²) in [4.78, 5) is 41.8. The number of allylic oxidation sites excluding steroid dienone is 8. The molecule has 7 atom stereocenters. The number of cyclic esters (lactones) is 1. The van der Waals surface area contributed by atoms with Gasteiger partial charge in [-0.1, -0.05) is 113 Å². The minimum Gasteiger partial charge on any atom is -0.458 e. The fraction of sp³-hybridized carbons (Fsp3) is 0.442. The third kappa shape index (κ3) is 12.5. The van der Waals surface area contributed by atoms with Gasteiger partial charge in [-0.15, -0.1) is 0 Å². The van der Waals surface area contributed by atoms with E-state index in [2.05, 4.69) is 43.1 Å². The molecule has 1 aromatic heterocycles. The number of fused-ring (bicyclic) bond motifs is 1. The molecule has 50 heavy (non-hydrogen) atoms. The lowest BCUT2D eigenvalue weighted by molar-refractivity contribution is -0.143. The van der Waals surface area contributed by atoms with E-state index >= 15 is 0 Å². The van der Waals surface area contributed by atoms with Crippen LogP contribution < -0.4 is 0 Å². The maximum Gasteiger partial charge on any atom is 0.331 e. The van der Waals surface area contributed by atoms with Crippen molar-refractivity contribution in [1.29, 1.82) is 0 Å². The lowest BCUT2D eigenvalue weighted by atomic mass is 9.84. The van der Waals surface area contributed by atoms with Crippen LogP contribution in [-0.4, -0.2) is 40.0 Å². The number of hydrogen-bond donors (Lipinski definition) is 1. The van der Waals surface area contributed by atoms with Crippen LogP contribution in [0.1, 0.15) is 80.2 Å². The van der Waals surface area contributed by atoms with E-state index in [1.165, 1.54) is 17.7 Å². The average Bonchev–Trinajstić information content (AvgIpc) is 3.09. The van der Waals surface area contributed by atoms with Crippen molar-refractivity contribution in [3.8, 4) is 0 Å². The summed E-state index contributed by atoms with van der Waals surface area (Å²) in [6.45, 7) is 15.8. The molecule has 1 aliphatic heterocycles. The van der Waals surface area contributed by atoms with Gasteiger partial charge in [0.2, 0.25) is 0 Å². The lowest BCUT2D eigenvalue weighted by Gasteiger charge is -2.24. The Morgan fingerprint density at radius 1 is 1.08 bits per heavy atom. The fourth-order valence-electron chi connectivity index (χ4n) is 6.19. The summed E-state index contributed by atoms with van der Waals surface area (Å²) in [5, 5.41) is 12.0. The van der Waals surface area contributed by atoms with E-state index in [-0.39, 0.29) is 42.2 Å². The Bertz CT molecular complexity index is 1650. The highest BCUT2D eigenvalue weighted by Gasteiger charge is 2.28. The van der Waals surface area contributed by atoms with Crippen LogP contribution in [0.5, 0.6) is 0 Å². The maximum absolute atomic E-state index is 13.3. The van der Waals surface area contributed by atoms with Crippen molar-refractivity contribution in [2.24, 2.45) is 29.6 Å². The molecule has 1 unspecified atom stereocenters. The number of aromatic nitrogens is 1. The number of para-hydroxylation sites is 1. The van der Waals surface area contributed by atoms with E-state index in [9.17, 15) is 19.5 Å². The Kier molecular flexibility index (Phi) is 15.8. The SMILES string of the molecule is CCC(C=C[C@@H]1OC(=O)C=C[C@@H]1C)=C[C@H](C)CC=CC(C)C=C(C)C(=O)[C@@H](C)[C@H](O)[C@@H](C)CC(C)=CC(=O)OCc1cccc2cccnc12. The number of aliphatic hydroxyl groups excluding tert-OH is 1. The molecule has 1 aromatic carbocycles. The second-order valence-corrected chi connectivity index (χ2v) is 13.8. The van der Waals surface area contributed by atoms with Gasteiger partial charge in [0, 0.05) is 41.1 Å².